The van der Waals surface area contributed by atoms with E-state index in [1.54, 1.807) is 0 Å². The molecule has 1 aliphatic carbocycles. The Morgan fingerprint density at radius 3 is 2.95 bits per heavy atom. The fraction of sp³-hybridized carbons (Fsp3) is 0.267. The van der Waals surface area contributed by atoms with E-state index in [0.717, 1.165) is 33.8 Å². The van der Waals surface area contributed by atoms with Crippen molar-refractivity contribution >= 4 is 48.9 Å². The lowest BCUT2D eigenvalue weighted by atomic mass is 10.0. The molecule has 1 amide bonds. The van der Waals surface area contributed by atoms with Gasteiger partial charge in [0.15, 0.2) is 0 Å². The summed E-state index contributed by atoms with van der Waals surface area (Å²) in [7, 11) is 0. The monoisotopic (exact) mass is 350 g/mol. The van der Waals surface area contributed by atoms with Crippen LogP contribution in [-0.4, -0.2) is 11.9 Å². The lowest BCUT2D eigenvalue weighted by Gasteiger charge is -2.18. The quantitative estimate of drug-likeness (QED) is 0.801. The molecule has 1 atom stereocenters. The molecule has 1 heterocycles. The normalized spacial score (nSPS) is 18.4. The summed E-state index contributed by atoms with van der Waals surface area (Å²) in [6.45, 7) is 0. The van der Waals surface area contributed by atoms with Crippen LogP contribution in [0.1, 0.15) is 28.9 Å². The molecule has 0 bridgehead atoms. The molecule has 5 heteroatoms. The molecule has 0 spiro atoms. The molecule has 1 unspecified atom stereocenters. The molecular formula is C15H15BrN2OS. The zero-order valence-corrected chi connectivity index (χ0v) is 13.3. The molecule has 1 aromatic carbocycles. The Labute approximate surface area is 130 Å². The van der Waals surface area contributed by atoms with Gasteiger partial charge >= 0.3 is 0 Å². The molecule has 1 aromatic heterocycles. The van der Waals surface area contributed by atoms with E-state index >= 15 is 0 Å². The third kappa shape index (κ3) is 2.47. The predicted octanol–water partition coefficient (Wildman–Crippen LogP) is 4.08. The van der Waals surface area contributed by atoms with Crippen LogP contribution >= 0.6 is 27.3 Å². The number of amides is 1. The van der Waals surface area contributed by atoms with E-state index in [9.17, 15) is 4.79 Å². The van der Waals surface area contributed by atoms with Crippen LogP contribution in [0.15, 0.2) is 34.8 Å². The largest absolute Gasteiger partial charge is 0.397 e. The molecule has 1 aliphatic rings. The molecular weight excluding hydrogens is 336 g/mol. The molecule has 0 saturated heterocycles. The maximum absolute atomic E-state index is 12.4. The van der Waals surface area contributed by atoms with E-state index in [2.05, 4.69) is 33.4 Å². The van der Waals surface area contributed by atoms with Gasteiger partial charge in [0.05, 0.1) is 5.69 Å². The summed E-state index contributed by atoms with van der Waals surface area (Å²) >= 11 is 4.94. The molecule has 0 radical (unpaired) electrons. The topological polar surface area (TPSA) is 55.1 Å². The highest BCUT2D eigenvalue weighted by Crippen LogP contribution is 2.38. The van der Waals surface area contributed by atoms with Crippen molar-refractivity contribution in [2.24, 2.45) is 0 Å². The van der Waals surface area contributed by atoms with Crippen LogP contribution in [0.4, 0.5) is 5.69 Å². The van der Waals surface area contributed by atoms with Crippen molar-refractivity contribution in [1.29, 1.82) is 0 Å². The average Bonchev–Trinajstić information content (AvgIpc) is 2.79. The van der Waals surface area contributed by atoms with Crippen LogP contribution in [0.2, 0.25) is 0 Å². The van der Waals surface area contributed by atoms with Gasteiger partial charge < -0.3 is 11.1 Å². The lowest BCUT2D eigenvalue weighted by molar-refractivity contribution is 0.0939. The average molecular weight is 351 g/mol. The fourth-order valence-corrected chi connectivity index (χ4v) is 4.24. The zero-order chi connectivity index (χ0) is 14.1. The highest BCUT2D eigenvalue weighted by Gasteiger charge is 2.20. The van der Waals surface area contributed by atoms with Gasteiger partial charge in [-0.2, -0.15) is 0 Å². The number of nitrogens with two attached hydrogens (primary N) is 1. The zero-order valence-electron chi connectivity index (χ0n) is 10.9. The van der Waals surface area contributed by atoms with Crippen LogP contribution in [0.3, 0.4) is 0 Å². The molecule has 0 saturated carbocycles. The van der Waals surface area contributed by atoms with Crippen molar-refractivity contribution in [3.8, 4) is 0 Å². The van der Waals surface area contributed by atoms with Crippen LogP contribution in [0.25, 0.3) is 10.1 Å². The standard InChI is InChI=1S/C15H15BrN2OS/c16-10-7-4-8-11-12(10)13(17)14(20-11)15(19)18-9-5-2-1-3-6-9/h1-2,4,7-9H,3,5-6,17H2,(H,18,19). The molecule has 3 nitrogen and oxygen atoms in total. The number of carbonyl (C=O) groups is 1. The number of hydrogen-bond donors (Lipinski definition) is 2. The molecule has 104 valence electrons. The van der Waals surface area contributed by atoms with Gasteiger partial charge in [0.1, 0.15) is 4.88 Å². The second-order valence-electron chi connectivity index (χ2n) is 4.91. The van der Waals surface area contributed by atoms with Crippen molar-refractivity contribution in [2.75, 3.05) is 5.73 Å². The van der Waals surface area contributed by atoms with Crippen molar-refractivity contribution in [3.63, 3.8) is 0 Å². The predicted molar refractivity (Wildman–Crippen MR) is 88.2 cm³/mol. The number of nitrogens with one attached hydrogen (secondary N) is 1. The van der Waals surface area contributed by atoms with Gasteiger partial charge in [-0.3, -0.25) is 4.79 Å². The summed E-state index contributed by atoms with van der Waals surface area (Å²) in [5, 5.41) is 4.02. The first-order chi connectivity index (χ1) is 9.66. The summed E-state index contributed by atoms with van der Waals surface area (Å²) in [5.41, 5.74) is 6.72. The minimum absolute atomic E-state index is 0.0594. The Morgan fingerprint density at radius 1 is 1.40 bits per heavy atom. The van der Waals surface area contributed by atoms with Gasteiger partial charge in [-0.15, -0.1) is 11.3 Å². The molecule has 0 aliphatic heterocycles. The summed E-state index contributed by atoms with van der Waals surface area (Å²) in [5.74, 6) is -0.0594. The van der Waals surface area contributed by atoms with Crippen molar-refractivity contribution in [2.45, 2.75) is 25.3 Å². The summed E-state index contributed by atoms with van der Waals surface area (Å²) in [6.07, 6.45) is 7.21. The number of carbonyl (C=O) groups excluding carboxylic acids is 1. The van der Waals surface area contributed by atoms with Crippen LogP contribution in [-0.2, 0) is 0 Å². The van der Waals surface area contributed by atoms with Gasteiger partial charge in [0, 0.05) is 20.6 Å². The second kappa shape index (κ2) is 5.58. The fourth-order valence-electron chi connectivity index (χ4n) is 2.47. The van der Waals surface area contributed by atoms with Gasteiger partial charge in [0.2, 0.25) is 0 Å². The van der Waals surface area contributed by atoms with Crippen molar-refractivity contribution in [3.05, 3.63) is 39.7 Å². The maximum Gasteiger partial charge on any atom is 0.263 e. The summed E-state index contributed by atoms with van der Waals surface area (Å²) in [6, 6.07) is 6.11. The Hall–Kier alpha value is -1.33. The van der Waals surface area contributed by atoms with Crippen LogP contribution < -0.4 is 11.1 Å². The second-order valence-corrected chi connectivity index (χ2v) is 6.82. The minimum atomic E-state index is -0.0594. The number of allylic oxidation sites excluding steroid dienone is 1. The molecule has 3 rings (SSSR count). The smallest absolute Gasteiger partial charge is 0.263 e. The number of hydrogen-bond acceptors (Lipinski definition) is 3. The minimum Gasteiger partial charge on any atom is -0.397 e. The molecule has 3 N–H and O–H groups in total. The molecule has 0 fully saturated rings. The summed E-state index contributed by atoms with van der Waals surface area (Å²) in [4.78, 5) is 13.0. The molecule has 20 heavy (non-hydrogen) atoms. The molecule has 2 aromatic rings. The highest BCUT2D eigenvalue weighted by molar-refractivity contribution is 9.10. The summed E-state index contributed by atoms with van der Waals surface area (Å²) < 4.78 is 1.97. The Bertz CT molecular complexity index is 692. The van der Waals surface area contributed by atoms with Crippen molar-refractivity contribution in [1.82, 2.24) is 5.32 Å². The third-order valence-electron chi connectivity index (χ3n) is 3.51. The Balaban J connectivity index is 1.90. The number of anilines is 1. The van der Waals surface area contributed by atoms with Gasteiger partial charge in [-0.05, 0) is 31.4 Å². The first-order valence-electron chi connectivity index (χ1n) is 6.59. The van der Waals surface area contributed by atoms with Crippen LogP contribution in [0.5, 0.6) is 0 Å². The lowest BCUT2D eigenvalue weighted by Crippen LogP contribution is -2.35. The van der Waals surface area contributed by atoms with Crippen molar-refractivity contribution < 1.29 is 4.79 Å². The number of thiophene rings is 1. The number of rotatable bonds is 2. The number of halogens is 1. The van der Waals surface area contributed by atoms with E-state index in [4.69, 9.17) is 5.73 Å². The first kappa shape index (κ1) is 13.6. The number of fused-ring (bicyclic) bond motifs is 1. The van der Waals surface area contributed by atoms with E-state index in [1.165, 1.54) is 11.3 Å². The number of nitrogen functional groups attached to an aromatic ring is 1. The maximum atomic E-state index is 12.4. The van der Waals surface area contributed by atoms with Gasteiger partial charge in [-0.1, -0.05) is 34.1 Å². The number of benzene rings is 1. The van der Waals surface area contributed by atoms with Crippen LogP contribution in [0, 0.1) is 0 Å². The Kier molecular flexibility index (Phi) is 3.81. The highest BCUT2D eigenvalue weighted by atomic mass is 79.9. The van der Waals surface area contributed by atoms with E-state index in [1.807, 2.05) is 18.2 Å². The first-order valence-corrected chi connectivity index (χ1v) is 8.20. The van der Waals surface area contributed by atoms with E-state index < -0.39 is 0 Å². The van der Waals surface area contributed by atoms with Gasteiger partial charge in [0.25, 0.3) is 5.91 Å². The van der Waals surface area contributed by atoms with E-state index in [-0.39, 0.29) is 11.9 Å². The Morgan fingerprint density at radius 2 is 2.25 bits per heavy atom. The van der Waals surface area contributed by atoms with E-state index in [0.29, 0.717) is 10.6 Å². The SMILES string of the molecule is Nc1c(C(=O)NC2CC=CCC2)sc2cccc(Br)c12. The van der Waals surface area contributed by atoms with Gasteiger partial charge in [-0.25, -0.2) is 0 Å². The third-order valence-corrected chi connectivity index (χ3v) is 5.34.